The number of likely N-dealkylation sites (N-methyl/N-ethyl adjacent to an activating group) is 1. The minimum absolute atomic E-state index is 0.0227. The van der Waals surface area contributed by atoms with Crippen molar-refractivity contribution in [3.8, 4) is 0 Å². The van der Waals surface area contributed by atoms with Gasteiger partial charge < -0.3 is 29.1 Å². The SMILES string of the molecule is CCCCCCCC/C=C\C/C=C\C/C=C\CCCC(=O)O[C@H](COC(=O)CCC/C=C\C[C@H]1[C@@H](O)CC(=O)[C@@H]1/C=C/[C@@H](O)CCCCC)COP(=O)(O)OCC[N+](C)(C)C. The number of allylic oxidation sites excluding steroid dienone is 9. The van der Waals surface area contributed by atoms with Gasteiger partial charge in [0, 0.05) is 31.1 Å². The molecule has 1 saturated carbocycles. The summed E-state index contributed by atoms with van der Waals surface area (Å²) in [7, 11) is 1.29. The van der Waals surface area contributed by atoms with Crippen molar-refractivity contribution in [3.63, 3.8) is 0 Å². The Balaban J connectivity index is 2.53. The van der Waals surface area contributed by atoms with Crippen LogP contribution in [0.3, 0.4) is 0 Å². The first kappa shape index (κ1) is 56.3. The molecule has 61 heavy (non-hydrogen) atoms. The molecule has 1 aliphatic carbocycles. The van der Waals surface area contributed by atoms with Crippen LogP contribution >= 0.6 is 7.82 Å². The second kappa shape index (κ2) is 34.7. The lowest BCUT2D eigenvalue weighted by atomic mass is 9.90. The fourth-order valence-corrected chi connectivity index (χ4v) is 7.40. The van der Waals surface area contributed by atoms with E-state index in [4.69, 9.17) is 18.5 Å². The summed E-state index contributed by atoms with van der Waals surface area (Å²) < 4.78 is 34.2. The number of hydrogen-bond donors (Lipinski definition) is 3. The second-order valence-electron chi connectivity index (χ2n) is 17.2. The van der Waals surface area contributed by atoms with Crippen molar-refractivity contribution in [1.82, 2.24) is 0 Å². The number of unbranched alkanes of at least 4 members (excludes halogenated alkanes) is 10. The fraction of sp³-hybridized carbons (Fsp3) is 0.729. The van der Waals surface area contributed by atoms with E-state index in [0.29, 0.717) is 49.6 Å². The topological polar surface area (TPSA) is 166 Å². The lowest BCUT2D eigenvalue weighted by Gasteiger charge is -2.24. The van der Waals surface area contributed by atoms with E-state index in [1.54, 1.807) is 12.2 Å². The molecule has 1 rings (SSSR count). The Hall–Kier alpha value is -2.70. The number of ether oxygens (including phenoxy) is 2. The van der Waals surface area contributed by atoms with Gasteiger partial charge >= 0.3 is 19.8 Å². The highest BCUT2D eigenvalue weighted by atomic mass is 31.2. The van der Waals surface area contributed by atoms with E-state index in [0.717, 1.165) is 38.5 Å². The summed E-state index contributed by atoms with van der Waals surface area (Å²) in [5, 5.41) is 20.7. The molecule has 0 aromatic heterocycles. The number of esters is 2. The number of aliphatic hydroxyl groups excluding tert-OH is 2. The van der Waals surface area contributed by atoms with E-state index in [2.05, 4.69) is 44.2 Å². The molecule has 0 bridgehead atoms. The number of ketones is 1. The third kappa shape index (κ3) is 31.7. The summed E-state index contributed by atoms with van der Waals surface area (Å²) in [6.07, 6.45) is 35.0. The molecule has 3 N–H and O–H groups in total. The van der Waals surface area contributed by atoms with E-state index in [-0.39, 0.29) is 44.2 Å². The van der Waals surface area contributed by atoms with Crippen molar-refractivity contribution < 1.29 is 57.1 Å². The lowest BCUT2D eigenvalue weighted by Crippen LogP contribution is -2.37. The summed E-state index contributed by atoms with van der Waals surface area (Å²) in [4.78, 5) is 48.1. The van der Waals surface area contributed by atoms with Crippen LogP contribution in [0.1, 0.15) is 149 Å². The van der Waals surface area contributed by atoms with Crippen LogP contribution < -0.4 is 0 Å². The van der Waals surface area contributed by atoms with Crippen molar-refractivity contribution >= 4 is 25.5 Å². The van der Waals surface area contributed by atoms with Crippen molar-refractivity contribution in [2.75, 3.05) is 47.5 Å². The van der Waals surface area contributed by atoms with Crippen LogP contribution in [-0.2, 0) is 37.5 Å². The second-order valence-corrected chi connectivity index (χ2v) is 18.7. The van der Waals surface area contributed by atoms with E-state index >= 15 is 0 Å². The first-order chi connectivity index (χ1) is 29.2. The highest BCUT2D eigenvalue weighted by Crippen LogP contribution is 2.43. The number of carbonyl (C=O) groups is 3. The highest BCUT2D eigenvalue weighted by Gasteiger charge is 2.39. The summed E-state index contributed by atoms with van der Waals surface area (Å²) in [6.45, 7) is 3.93. The van der Waals surface area contributed by atoms with Gasteiger partial charge in [-0.05, 0) is 64.2 Å². The van der Waals surface area contributed by atoms with E-state index in [1.807, 2.05) is 39.4 Å². The zero-order valence-corrected chi connectivity index (χ0v) is 39.2. The molecule has 1 fully saturated rings. The number of quaternary nitrogens is 1. The van der Waals surface area contributed by atoms with Gasteiger partial charge in [-0.1, -0.05) is 126 Å². The molecular formula is C48H83NO11P+. The Kier molecular flexibility index (Phi) is 32.1. The molecule has 0 aliphatic heterocycles. The summed E-state index contributed by atoms with van der Waals surface area (Å²) >= 11 is 0. The maximum Gasteiger partial charge on any atom is 0.472 e. The minimum Gasteiger partial charge on any atom is -0.462 e. The van der Waals surface area contributed by atoms with Crippen LogP contribution in [0.4, 0.5) is 0 Å². The molecule has 0 aromatic rings. The molecule has 13 heteroatoms. The average Bonchev–Trinajstić information content (AvgIpc) is 3.47. The number of hydrogen-bond acceptors (Lipinski definition) is 10. The van der Waals surface area contributed by atoms with Crippen LogP contribution in [0.15, 0.2) is 60.8 Å². The standard InChI is InChI=1S/C48H82NO11P/c1-6-8-10-11-12-13-14-15-16-17-18-19-20-21-22-23-29-33-48(54)60-42(40-59-61(55,56)58-37-36-49(3,4)5)39-57-47(53)32-28-25-24-27-31-43-44(46(52)38-45(43)51)35-34-41(50)30-26-9-7-2/h15-16,18-19,21-22,24,27,34-35,41-45,50-51H,6-14,17,20,23,25-26,28-33,36-40H2,1-5H3/p+1/b16-15-,19-18-,22-21-,27-24-,35-34+/t41-,42+,43+,44+,45-/m0/s1. The third-order valence-electron chi connectivity index (χ3n) is 10.4. The normalized spacial score (nSPS) is 19.5. The predicted molar refractivity (Wildman–Crippen MR) is 243 cm³/mol. The van der Waals surface area contributed by atoms with E-state index < -0.39 is 50.6 Å². The first-order valence-electron chi connectivity index (χ1n) is 23.1. The number of rotatable bonds is 37. The molecular weight excluding hydrogens is 797 g/mol. The van der Waals surface area contributed by atoms with Gasteiger partial charge in [-0.2, -0.15) is 0 Å². The molecule has 6 atom stereocenters. The van der Waals surface area contributed by atoms with Gasteiger partial charge in [0.15, 0.2) is 6.10 Å². The summed E-state index contributed by atoms with van der Waals surface area (Å²) in [5.74, 6) is -1.80. The highest BCUT2D eigenvalue weighted by molar-refractivity contribution is 7.47. The van der Waals surface area contributed by atoms with Crippen LogP contribution in [0.25, 0.3) is 0 Å². The zero-order chi connectivity index (χ0) is 45.2. The third-order valence-corrected chi connectivity index (χ3v) is 11.4. The quantitative estimate of drug-likeness (QED) is 0.0179. The van der Waals surface area contributed by atoms with Crippen molar-refractivity contribution in [3.05, 3.63) is 60.8 Å². The molecule has 0 radical (unpaired) electrons. The van der Waals surface area contributed by atoms with Gasteiger partial charge in [-0.25, -0.2) is 4.57 Å². The van der Waals surface area contributed by atoms with Crippen LogP contribution in [0.2, 0.25) is 0 Å². The molecule has 0 amide bonds. The Bertz CT molecular complexity index is 1390. The Morgan fingerprint density at radius 3 is 2.00 bits per heavy atom. The monoisotopic (exact) mass is 881 g/mol. The van der Waals surface area contributed by atoms with Gasteiger partial charge in [0.1, 0.15) is 25.5 Å². The van der Waals surface area contributed by atoms with Crippen molar-refractivity contribution in [1.29, 1.82) is 0 Å². The van der Waals surface area contributed by atoms with Gasteiger partial charge in [-0.3, -0.25) is 23.4 Å². The Morgan fingerprint density at radius 2 is 1.34 bits per heavy atom. The predicted octanol–water partition coefficient (Wildman–Crippen LogP) is 9.83. The van der Waals surface area contributed by atoms with Gasteiger partial charge in [0.2, 0.25) is 0 Å². The molecule has 1 aliphatic rings. The number of nitrogens with zero attached hydrogens (tertiary/aromatic N) is 1. The molecule has 12 nitrogen and oxygen atoms in total. The van der Waals surface area contributed by atoms with E-state index in [1.165, 1.54) is 38.5 Å². The van der Waals surface area contributed by atoms with Crippen LogP contribution in [-0.4, -0.2) is 103 Å². The molecule has 0 aromatic carbocycles. The van der Waals surface area contributed by atoms with Crippen molar-refractivity contribution in [2.45, 2.75) is 167 Å². The molecule has 1 unspecified atom stereocenters. The fourth-order valence-electron chi connectivity index (χ4n) is 6.66. The van der Waals surface area contributed by atoms with E-state index in [9.17, 15) is 34.1 Å². The Morgan fingerprint density at radius 1 is 0.770 bits per heavy atom. The molecule has 350 valence electrons. The number of carbonyl (C=O) groups excluding carboxylic acids is 3. The molecule has 0 saturated heterocycles. The van der Waals surface area contributed by atoms with Crippen LogP contribution in [0.5, 0.6) is 0 Å². The minimum atomic E-state index is -4.46. The number of aliphatic hydroxyl groups is 2. The number of phosphoric ester groups is 1. The van der Waals surface area contributed by atoms with Gasteiger partial charge in [0.25, 0.3) is 0 Å². The summed E-state index contributed by atoms with van der Waals surface area (Å²) in [6, 6.07) is 0. The molecule has 0 spiro atoms. The van der Waals surface area contributed by atoms with Crippen molar-refractivity contribution in [2.24, 2.45) is 11.8 Å². The molecule has 0 heterocycles. The number of Topliss-reactive ketones (excluding diaryl/α,β-unsaturated/α-hetero) is 1. The van der Waals surface area contributed by atoms with Gasteiger partial charge in [-0.15, -0.1) is 0 Å². The number of phosphoric acid groups is 1. The smallest absolute Gasteiger partial charge is 0.462 e. The van der Waals surface area contributed by atoms with Gasteiger partial charge in [0.05, 0.1) is 40.0 Å². The Labute approximate surface area is 368 Å². The first-order valence-corrected chi connectivity index (χ1v) is 24.6. The zero-order valence-electron chi connectivity index (χ0n) is 38.3. The van der Waals surface area contributed by atoms with Crippen LogP contribution in [0, 0.1) is 11.8 Å². The summed E-state index contributed by atoms with van der Waals surface area (Å²) in [5.41, 5.74) is 0. The lowest BCUT2D eigenvalue weighted by molar-refractivity contribution is -0.870. The maximum absolute atomic E-state index is 12.7. The largest absolute Gasteiger partial charge is 0.472 e. The maximum atomic E-state index is 12.7. The average molecular weight is 881 g/mol.